The van der Waals surface area contributed by atoms with Gasteiger partial charge in [-0.1, -0.05) is 6.08 Å². The van der Waals surface area contributed by atoms with Crippen LogP contribution in [0, 0.1) is 11.8 Å². The first-order valence-corrected chi connectivity index (χ1v) is 9.22. The SMILES string of the molecule is CC1=C/C2=NC([C@H](C)C(=O)Nc3cc(C4CC4)[nH]n3)=CC2CC/C=C\1F. The highest BCUT2D eigenvalue weighted by atomic mass is 19.1. The molecule has 1 aliphatic heterocycles. The Morgan fingerprint density at radius 2 is 2.19 bits per heavy atom. The van der Waals surface area contributed by atoms with Gasteiger partial charge in [0.1, 0.15) is 5.83 Å². The average Bonchev–Trinajstić information content (AvgIpc) is 3.24. The molecule has 2 atom stereocenters. The van der Waals surface area contributed by atoms with Gasteiger partial charge in [0.05, 0.1) is 5.92 Å². The summed E-state index contributed by atoms with van der Waals surface area (Å²) in [6, 6.07) is 1.91. The topological polar surface area (TPSA) is 70.1 Å². The number of carbonyl (C=O) groups is 1. The molecule has 3 aliphatic rings. The van der Waals surface area contributed by atoms with Crippen molar-refractivity contribution in [3.63, 3.8) is 0 Å². The number of amides is 1. The lowest BCUT2D eigenvalue weighted by molar-refractivity contribution is -0.118. The Kier molecular flexibility index (Phi) is 4.34. The number of aliphatic imine (C=N–C) groups is 1. The lowest BCUT2D eigenvalue weighted by atomic mass is 9.93. The maximum absolute atomic E-state index is 13.8. The molecule has 0 bridgehead atoms. The smallest absolute Gasteiger partial charge is 0.234 e. The molecular formula is C20H23FN4O. The van der Waals surface area contributed by atoms with Gasteiger partial charge in [0.25, 0.3) is 0 Å². The Labute approximate surface area is 152 Å². The Balaban J connectivity index is 1.46. The fraction of sp³-hybridized carbons (Fsp3) is 0.450. The van der Waals surface area contributed by atoms with E-state index in [0.29, 0.717) is 23.7 Å². The van der Waals surface area contributed by atoms with E-state index in [4.69, 9.17) is 0 Å². The van der Waals surface area contributed by atoms with Gasteiger partial charge in [0.15, 0.2) is 5.82 Å². The number of aromatic amines is 1. The van der Waals surface area contributed by atoms with E-state index in [1.54, 1.807) is 19.1 Å². The molecule has 0 saturated heterocycles. The minimum atomic E-state index is -0.386. The summed E-state index contributed by atoms with van der Waals surface area (Å²) in [5.41, 5.74) is 3.26. The maximum atomic E-state index is 13.8. The number of fused-ring (bicyclic) bond motifs is 1. The van der Waals surface area contributed by atoms with E-state index in [2.05, 4.69) is 20.5 Å². The third kappa shape index (κ3) is 3.41. The number of anilines is 1. The van der Waals surface area contributed by atoms with Crippen molar-refractivity contribution in [3.05, 3.63) is 47.1 Å². The highest BCUT2D eigenvalue weighted by molar-refractivity contribution is 6.02. The second-order valence-corrected chi connectivity index (χ2v) is 7.39. The molecule has 1 amide bonds. The summed E-state index contributed by atoms with van der Waals surface area (Å²) in [4.78, 5) is 17.2. The van der Waals surface area contributed by atoms with Crippen molar-refractivity contribution in [2.45, 2.75) is 45.4 Å². The van der Waals surface area contributed by atoms with Gasteiger partial charge < -0.3 is 5.32 Å². The number of aromatic nitrogens is 2. The van der Waals surface area contributed by atoms with E-state index >= 15 is 0 Å². The van der Waals surface area contributed by atoms with Crippen LogP contribution < -0.4 is 5.32 Å². The predicted octanol–water partition coefficient (Wildman–Crippen LogP) is 4.41. The molecule has 1 saturated carbocycles. The van der Waals surface area contributed by atoms with Crippen LogP contribution in [0.15, 0.2) is 46.4 Å². The van der Waals surface area contributed by atoms with E-state index in [0.717, 1.165) is 23.5 Å². The van der Waals surface area contributed by atoms with Gasteiger partial charge in [-0.15, -0.1) is 0 Å². The lowest BCUT2D eigenvalue weighted by Crippen LogP contribution is -2.21. The number of hydrogen-bond donors (Lipinski definition) is 2. The fourth-order valence-corrected chi connectivity index (χ4v) is 3.39. The highest BCUT2D eigenvalue weighted by Crippen LogP contribution is 2.39. The molecule has 4 rings (SSSR count). The lowest BCUT2D eigenvalue weighted by Gasteiger charge is -2.11. The third-order valence-corrected chi connectivity index (χ3v) is 5.26. The number of nitrogens with zero attached hydrogens (tertiary/aromatic N) is 2. The maximum Gasteiger partial charge on any atom is 0.234 e. The molecule has 2 N–H and O–H groups in total. The van der Waals surface area contributed by atoms with Crippen LogP contribution in [0.25, 0.3) is 0 Å². The van der Waals surface area contributed by atoms with Crippen LogP contribution in [0.1, 0.15) is 51.1 Å². The average molecular weight is 354 g/mol. The number of nitrogens with one attached hydrogen (secondary N) is 2. The number of hydrogen-bond acceptors (Lipinski definition) is 3. The Morgan fingerprint density at radius 1 is 1.38 bits per heavy atom. The summed E-state index contributed by atoms with van der Waals surface area (Å²) >= 11 is 0. The molecule has 6 heteroatoms. The van der Waals surface area contributed by atoms with E-state index in [1.807, 2.05) is 19.1 Å². The van der Waals surface area contributed by atoms with Gasteiger partial charge in [-0.3, -0.25) is 14.9 Å². The van der Waals surface area contributed by atoms with Gasteiger partial charge in [0, 0.05) is 35.0 Å². The number of rotatable bonds is 4. The Hall–Kier alpha value is -2.50. The number of halogens is 1. The first kappa shape index (κ1) is 16.9. The molecule has 136 valence electrons. The van der Waals surface area contributed by atoms with Crippen molar-refractivity contribution in [1.82, 2.24) is 10.2 Å². The monoisotopic (exact) mass is 354 g/mol. The summed E-state index contributed by atoms with van der Waals surface area (Å²) < 4.78 is 13.8. The van der Waals surface area contributed by atoms with Crippen LogP contribution in [0.3, 0.4) is 0 Å². The van der Waals surface area contributed by atoms with Crippen molar-refractivity contribution in [3.8, 4) is 0 Å². The normalized spacial score (nSPS) is 27.7. The van der Waals surface area contributed by atoms with E-state index in [9.17, 15) is 9.18 Å². The number of H-pyrrole nitrogens is 1. The number of carbonyl (C=O) groups excluding carboxylic acids is 1. The molecule has 1 unspecified atom stereocenters. The van der Waals surface area contributed by atoms with Crippen molar-refractivity contribution >= 4 is 17.4 Å². The van der Waals surface area contributed by atoms with Crippen LogP contribution in [-0.4, -0.2) is 21.8 Å². The van der Waals surface area contributed by atoms with Crippen LogP contribution in [0.2, 0.25) is 0 Å². The van der Waals surface area contributed by atoms with Gasteiger partial charge in [-0.25, -0.2) is 4.39 Å². The zero-order valence-electron chi connectivity index (χ0n) is 15.1. The minimum Gasteiger partial charge on any atom is -0.309 e. The van der Waals surface area contributed by atoms with E-state index in [1.165, 1.54) is 12.8 Å². The van der Waals surface area contributed by atoms with E-state index in [-0.39, 0.29) is 23.6 Å². The van der Waals surface area contributed by atoms with Gasteiger partial charge in [0.2, 0.25) is 5.91 Å². The zero-order chi connectivity index (χ0) is 18.3. The van der Waals surface area contributed by atoms with Crippen molar-refractivity contribution in [2.75, 3.05) is 5.32 Å². The van der Waals surface area contributed by atoms with Crippen LogP contribution in [0.5, 0.6) is 0 Å². The molecular weight excluding hydrogens is 331 g/mol. The molecule has 0 radical (unpaired) electrons. The van der Waals surface area contributed by atoms with Crippen molar-refractivity contribution in [2.24, 2.45) is 16.8 Å². The molecule has 1 aromatic rings. The van der Waals surface area contributed by atoms with Gasteiger partial charge in [-0.05, 0) is 57.3 Å². The molecule has 1 fully saturated rings. The van der Waals surface area contributed by atoms with Gasteiger partial charge >= 0.3 is 0 Å². The minimum absolute atomic E-state index is 0.131. The quantitative estimate of drug-likeness (QED) is 0.841. The van der Waals surface area contributed by atoms with Crippen molar-refractivity contribution < 1.29 is 9.18 Å². The third-order valence-electron chi connectivity index (χ3n) is 5.26. The molecule has 1 aromatic heterocycles. The zero-order valence-corrected chi connectivity index (χ0v) is 15.1. The summed E-state index contributed by atoms with van der Waals surface area (Å²) in [6.07, 6.45) is 9.29. The second kappa shape index (κ2) is 6.67. The highest BCUT2D eigenvalue weighted by Gasteiger charge is 2.28. The first-order valence-electron chi connectivity index (χ1n) is 9.22. The Morgan fingerprint density at radius 3 is 2.96 bits per heavy atom. The summed E-state index contributed by atoms with van der Waals surface area (Å²) in [5, 5.41) is 10.0. The molecule has 0 spiro atoms. The standard InChI is InChI=1S/C20H23FN4O/c1-11-8-17-14(4-3-5-15(11)21)9-16(22-17)12(2)20(26)23-19-10-18(24-25-19)13-6-7-13/h5,8-10,12-14H,3-4,6-7H2,1-2H3,(H2,23,24,25,26)/b11-8-,15-5+/t12-,14?/m0/s1. The molecule has 0 aromatic carbocycles. The fourth-order valence-electron chi connectivity index (χ4n) is 3.39. The molecule has 2 heterocycles. The van der Waals surface area contributed by atoms with Crippen LogP contribution in [0.4, 0.5) is 10.2 Å². The predicted molar refractivity (Wildman–Crippen MR) is 99.5 cm³/mol. The molecule has 26 heavy (non-hydrogen) atoms. The first-order chi connectivity index (χ1) is 12.5. The molecule has 5 nitrogen and oxygen atoms in total. The largest absolute Gasteiger partial charge is 0.309 e. The summed E-state index contributed by atoms with van der Waals surface area (Å²) in [7, 11) is 0. The molecule has 2 aliphatic carbocycles. The second-order valence-electron chi connectivity index (χ2n) is 7.39. The van der Waals surface area contributed by atoms with Crippen LogP contribution >= 0.6 is 0 Å². The summed E-state index contributed by atoms with van der Waals surface area (Å²) in [5.74, 6) is 0.566. The number of allylic oxidation sites excluding steroid dienone is 5. The van der Waals surface area contributed by atoms with Crippen molar-refractivity contribution in [1.29, 1.82) is 0 Å². The van der Waals surface area contributed by atoms with E-state index < -0.39 is 0 Å². The van der Waals surface area contributed by atoms with Crippen LogP contribution in [-0.2, 0) is 4.79 Å². The van der Waals surface area contributed by atoms with Gasteiger partial charge in [-0.2, -0.15) is 5.10 Å². The summed E-state index contributed by atoms with van der Waals surface area (Å²) in [6.45, 7) is 3.59. The Bertz CT molecular complexity index is 857.